The predicted octanol–water partition coefficient (Wildman–Crippen LogP) is 2.98. The molecule has 1 aliphatic heterocycles. The maximum Gasteiger partial charge on any atom is 0.260 e. The van der Waals surface area contributed by atoms with Crippen molar-refractivity contribution in [2.24, 2.45) is 5.10 Å². The smallest absolute Gasteiger partial charge is 0.260 e. The number of amides is 1. The molecule has 3 N–H and O–H groups in total. The van der Waals surface area contributed by atoms with Crippen LogP contribution in [0.3, 0.4) is 0 Å². The number of nitrogens with zero attached hydrogens (tertiary/aromatic N) is 4. The van der Waals surface area contributed by atoms with E-state index in [0.29, 0.717) is 59.3 Å². The molecule has 0 saturated carbocycles. The van der Waals surface area contributed by atoms with Gasteiger partial charge in [-0.15, -0.1) is 0 Å². The molecule has 2 heterocycles. The fraction of sp³-hybridized carbons (Fsp3) is 0.227. The molecule has 1 aromatic heterocycles. The monoisotopic (exact) mass is 451 g/mol. The highest BCUT2D eigenvalue weighted by molar-refractivity contribution is 6.31. The molecule has 1 saturated heterocycles. The quantitative estimate of drug-likeness (QED) is 0.407. The Hall–Kier alpha value is -3.72. The van der Waals surface area contributed by atoms with E-state index in [1.807, 2.05) is 11.0 Å². The van der Waals surface area contributed by atoms with Gasteiger partial charge in [0.25, 0.3) is 11.5 Å². The summed E-state index contributed by atoms with van der Waals surface area (Å²) in [6.45, 7) is 2.27. The second-order valence-corrected chi connectivity index (χ2v) is 7.72. The van der Waals surface area contributed by atoms with Crippen molar-refractivity contribution < 1.29 is 4.79 Å². The third-order valence-corrected chi connectivity index (χ3v) is 5.46. The Morgan fingerprint density at radius 1 is 1.19 bits per heavy atom. The van der Waals surface area contributed by atoms with Crippen molar-refractivity contribution in [1.82, 2.24) is 14.9 Å². The van der Waals surface area contributed by atoms with E-state index in [1.54, 1.807) is 41.3 Å². The largest absolute Gasteiger partial charge is 0.340 e. The molecule has 1 aliphatic rings. The molecule has 0 atom stereocenters. The fourth-order valence-corrected chi connectivity index (χ4v) is 3.83. The molecular formula is C22H22ClN7O2. The summed E-state index contributed by atoms with van der Waals surface area (Å²) in [5.41, 5.74) is 4.24. The molecule has 32 heavy (non-hydrogen) atoms. The maximum absolute atomic E-state index is 13.2. The van der Waals surface area contributed by atoms with Gasteiger partial charge in [0, 0.05) is 37.4 Å². The van der Waals surface area contributed by atoms with E-state index >= 15 is 0 Å². The molecule has 4 rings (SSSR count). The molecule has 2 aromatic carbocycles. The summed E-state index contributed by atoms with van der Waals surface area (Å²) in [4.78, 5) is 36.9. The number of hydrogen-bond donors (Lipinski definition) is 3. The van der Waals surface area contributed by atoms with E-state index < -0.39 is 0 Å². The van der Waals surface area contributed by atoms with Gasteiger partial charge in [-0.1, -0.05) is 23.7 Å². The minimum atomic E-state index is -0.241. The first kappa shape index (κ1) is 21.5. The molecule has 0 unspecified atom stereocenters. The minimum absolute atomic E-state index is 0.102. The summed E-state index contributed by atoms with van der Waals surface area (Å²) in [6, 6.07) is 12.2. The Morgan fingerprint density at radius 2 is 2.03 bits per heavy atom. The van der Waals surface area contributed by atoms with Gasteiger partial charge in [-0.3, -0.25) is 20.0 Å². The number of nitrogens with one attached hydrogen (secondary N) is 3. The lowest BCUT2D eigenvalue weighted by Crippen LogP contribution is -2.36. The van der Waals surface area contributed by atoms with Gasteiger partial charge >= 0.3 is 0 Å². The predicted molar refractivity (Wildman–Crippen MR) is 127 cm³/mol. The second-order valence-electron chi connectivity index (χ2n) is 7.29. The van der Waals surface area contributed by atoms with Crippen molar-refractivity contribution >= 4 is 52.5 Å². The number of rotatable bonds is 5. The lowest BCUT2D eigenvalue weighted by Gasteiger charge is -2.23. The molecule has 10 heteroatoms. The molecule has 3 aromatic rings. The van der Waals surface area contributed by atoms with Crippen LogP contribution in [-0.2, 0) is 0 Å². The summed E-state index contributed by atoms with van der Waals surface area (Å²) in [5, 5.41) is 11.9. The number of benzene rings is 2. The number of halogens is 1. The Labute approximate surface area is 189 Å². The Balaban J connectivity index is 1.52. The number of carbonyl (C=O) groups excluding carboxylic acids is 1. The molecule has 164 valence electrons. The van der Waals surface area contributed by atoms with Gasteiger partial charge in [0.05, 0.1) is 28.4 Å². The highest BCUT2D eigenvalue weighted by Crippen LogP contribution is 2.20. The highest BCUT2D eigenvalue weighted by atomic mass is 35.5. The highest BCUT2D eigenvalue weighted by Gasteiger charge is 2.23. The average Bonchev–Trinajstić information content (AvgIpc) is 3.06. The van der Waals surface area contributed by atoms with Crippen LogP contribution in [0.5, 0.6) is 0 Å². The first-order valence-corrected chi connectivity index (χ1v) is 10.6. The molecular weight excluding hydrogens is 430 g/mol. The summed E-state index contributed by atoms with van der Waals surface area (Å²) in [7, 11) is 0. The number of fused-ring (bicyclic) bond motifs is 1. The van der Waals surface area contributed by atoms with Crippen molar-refractivity contribution in [2.75, 3.05) is 36.5 Å². The van der Waals surface area contributed by atoms with E-state index in [9.17, 15) is 9.59 Å². The van der Waals surface area contributed by atoms with Crippen LogP contribution < -0.4 is 15.9 Å². The van der Waals surface area contributed by atoms with E-state index in [4.69, 9.17) is 17.0 Å². The van der Waals surface area contributed by atoms with Crippen LogP contribution in [0.2, 0.25) is 5.02 Å². The van der Waals surface area contributed by atoms with Gasteiger partial charge in [-0.05, 0) is 36.8 Å². The Kier molecular flexibility index (Phi) is 6.46. The minimum Gasteiger partial charge on any atom is -0.340 e. The van der Waals surface area contributed by atoms with Crippen LogP contribution in [0.1, 0.15) is 16.8 Å². The zero-order valence-electron chi connectivity index (χ0n) is 17.2. The molecule has 1 amide bonds. The molecule has 0 radical (unpaired) electrons. The summed E-state index contributed by atoms with van der Waals surface area (Å²) >= 11 is 5.99. The van der Waals surface area contributed by atoms with Crippen LogP contribution in [0.15, 0.2) is 52.4 Å². The lowest BCUT2D eigenvalue weighted by atomic mass is 10.1. The average molecular weight is 452 g/mol. The maximum atomic E-state index is 13.2. The Bertz CT molecular complexity index is 1240. The number of para-hydroxylation sites is 1. The molecule has 0 bridgehead atoms. The SMILES string of the molecule is N=C/C=N\Nc1ccccc1C(=O)N1CCCN(c2nc3ccc(Cl)cc3c(=O)[nH]2)CC1. The van der Waals surface area contributed by atoms with Crippen molar-refractivity contribution in [3.05, 3.63) is 63.4 Å². The van der Waals surface area contributed by atoms with E-state index in [2.05, 4.69) is 20.5 Å². The zero-order valence-corrected chi connectivity index (χ0v) is 18.0. The van der Waals surface area contributed by atoms with Crippen LogP contribution in [0, 0.1) is 5.41 Å². The number of hydrogen-bond acceptors (Lipinski definition) is 7. The first-order chi connectivity index (χ1) is 15.6. The molecule has 0 aliphatic carbocycles. The van der Waals surface area contributed by atoms with Crippen molar-refractivity contribution in [1.29, 1.82) is 5.41 Å². The van der Waals surface area contributed by atoms with E-state index in [-0.39, 0.29) is 11.5 Å². The topological polar surface area (TPSA) is 118 Å². The molecule has 9 nitrogen and oxygen atoms in total. The number of anilines is 2. The van der Waals surface area contributed by atoms with E-state index in [0.717, 1.165) is 12.6 Å². The Morgan fingerprint density at radius 3 is 2.88 bits per heavy atom. The number of aromatic amines is 1. The van der Waals surface area contributed by atoms with Crippen LogP contribution >= 0.6 is 11.6 Å². The number of H-pyrrole nitrogens is 1. The van der Waals surface area contributed by atoms with Crippen molar-refractivity contribution in [3.63, 3.8) is 0 Å². The van der Waals surface area contributed by atoms with Gasteiger partial charge in [0.2, 0.25) is 5.95 Å². The fourth-order valence-electron chi connectivity index (χ4n) is 3.66. The summed E-state index contributed by atoms with van der Waals surface area (Å²) < 4.78 is 0. The van der Waals surface area contributed by atoms with Gasteiger partial charge in [-0.25, -0.2) is 4.98 Å². The summed E-state index contributed by atoms with van der Waals surface area (Å²) in [5.74, 6) is 0.386. The van der Waals surface area contributed by atoms with Gasteiger partial charge in [0.1, 0.15) is 0 Å². The van der Waals surface area contributed by atoms with Gasteiger partial charge in [-0.2, -0.15) is 5.10 Å². The number of carbonyl (C=O) groups is 1. The zero-order chi connectivity index (χ0) is 22.5. The van der Waals surface area contributed by atoms with Crippen LogP contribution in [0.25, 0.3) is 10.9 Å². The van der Waals surface area contributed by atoms with Gasteiger partial charge in [0.15, 0.2) is 0 Å². The number of hydrazone groups is 1. The molecule has 0 spiro atoms. The van der Waals surface area contributed by atoms with Crippen LogP contribution in [-0.4, -0.2) is 59.4 Å². The summed E-state index contributed by atoms with van der Waals surface area (Å²) in [6.07, 6.45) is 3.09. The lowest BCUT2D eigenvalue weighted by molar-refractivity contribution is 0.0768. The van der Waals surface area contributed by atoms with Crippen molar-refractivity contribution in [3.8, 4) is 0 Å². The van der Waals surface area contributed by atoms with Crippen molar-refractivity contribution in [2.45, 2.75) is 6.42 Å². The van der Waals surface area contributed by atoms with E-state index in [1.165, 1.54) is 6.21 Å². The standard InChI is InChI=1S/C22H22ClN7O2/c23-15-6-7-18-17(14-15)20(31)27-22(26-18)30-11-3-10-29(12-13-30)21(32)16-4-1-2-5-19(16)28-25-9-8-24/h1-2,4-9,14,24,28H,3,10-13H2,(H,26,27,31)/b24-8?,25-9-. The van der Waals surface area contributed by atoms with Crippen LogP contribution in [0.4, 0.5) is 11.6 Å². The molecule has 1 fully saturated rings. The number of aromatic nitrogens is 2. The van der Waals surface area contributed by atoms with Gasteiger partial charge < -0.3 is 15.2 Å². The first-order valence-electron chi connectivity index (χ1n) is 10.2. The third kappa shape index (κ3) is 4.62. The second kappa shape index (κ2) is 9.61. The normalized spacial score (nSPS) is 14.5. The third-order valence-electron chi connectivity index (χ3n) is 5.23.